The van der Waals surface area contributed by atoms with E-state index in [1.807, 2.05) is 6.07 Å². The molecule has 0 spiro atoms. The minimum Gasteiger partial charge on any atom is -0.351 e. The number of hydrogen-bond donors (Lipinski definition) is 2. The molecule has 1 aromatic carbocycles. The Labute approximate surface area is 114 Å². The lowest BCUT2D eigenvalue weighted by molar-refractivity contribution is -0.140. The number of piperazine rings is 1. The summed E-state index contributed by atoms with van der Waals surface area (Å²) in [5.41, 5.74) is 0.807. The molecule has 2 heterocycles. The second-order valence-electron chi connectivity index (χ2n) is 5.09. The van der Waals surface area contributed by atoms with Crippen molar-refractivity contribution in [2.75, 3.05) is 26.2 Å². The molecule has 2 aromatic rings. The van der Waals surface area contributed by atoms with Crippen LogP contribution in [0.2, 0.25) is 0 Å². The van der Waals surface area contributed by atoms with Crippen LogP contribution in [-0.4, -0.2) is 36.1 Å². The molecule has 0 bridgehead atoms. The standard InChI is InChI=1S/C14H16F3N3/c15-14(16,17)13-8-11-10(2-1-3-12(11)19-13)9-20-6-4-18-5-7-20/h1-3,8,18-19H,4-7,9H2. The average molecular weight is 283 g/mol. The minimum atomic E-state index is -4.33. The van der Waals surface area contributed by atoms with Gasteiger partial charge in [0.15, 0.2) is 0 Å². The fourth-order valence-electron chi connectivity index (χ4n) is 2.62. The molecule has 1 aliphatic rings. The molecule has 1 aromatic heterocycles. The molecule has 1 fully saturated rings. The van der Waals surface area contributed by atoms with Crippen LogP contribution < -0.4 is 5.32 Å². The van der Waals surface area contributed by atoms with Gasteiger partial charge in [-0.15, -0.1) is 0 Å². The van der Waals surface area contributed by atoms with Crippen LogP contribution >= 0.6 is 0 Å². The summed E-state index contributed by atoms with van der Waals surface area (Å²) in [6, 6.07) is 6.60. The monoisotopic (exact) mass is 283 g/mol. The summed E-state index contributed by atoms with van der Waals surface area (Å²) in [5.74, 6) is 0. The largest absolute Gasteiger partial charge is 0.431 e. The number of rotatable bonds is 2. The normalized spacial score (nSPS) is 17.8. The van der Waals surface area contributed by atoms with Gasteiger partial charge in [0.25, 0.3) is 0 Å². The number of aromatic amines is 1. The van der Waals surface area contributed by atoms with Gasteiger partial charge in [0.05, 0.1) is 0 Å². The van der Waals surface area contributed by atoms with Crippen LogP contribution in [0.1, 0.15) is 11.3 Å². The van der Waals surface area contributed by atoms with Gasteiger partial charge in [-0.25, -0.2) is 0 Å². The van der Waals surface area contributed by atoms with E-state index in [2.05, 4.69) is 15.2 Å². The van der Waals surface area contributed by atoms with Gasteiger partial charge < -0.3 is 10.3 Å². The van der Waals surface area contributed by atoms with Gasteiger partial charge in [-0.1, -0.05) is 12.1 Å². The van der Waals surface area contributed by atoms with Crippen molar-refractivity contribution >= 4 is 10.9 Å². The molecule has 1 aliphatic heterocycles. The van der Waals surface area contributed by atoms with E-state index in [4.69, 9.17) is 0 Å². The maximum atomic E-state index is 12.8. The average Bonchev–Trinajstić information content (AvgIpc) is 2.85. The third-order valence-corrected chi connectivity index (χ3v) is 3.66. The van der Waals surface area contributed by atoms with Crippen LogP contribution in [0.4, 0.5) is 13.2 Å². The van der Waals surface area contributed by atoms with E-state index in [1.165, 1.54) is 6.07 Å². The number of nitrogens with zero attached hydrogens (tertiary/aromatic N) is 1. The van der Waals surface area contributed by atoms with Gasteiger partial charge >= 0.3 is 6.18 Å². The fraction of sp³-hybridized carbons (Fsp3) is 0.429. The summed E-state index contributed by atoms with van der Waals surface area (Å²) in [4.78, 5) is 4.71. The van der Waals surface area contributed by atoms with Crippen molar-refractivity contribution in [3.8, 4) is 0 Å². The number of nitrogens with one attached hydrogen (secondary N) is 2. The zero-order valence-corrected chi connectivity index (χ0v) is 10.9. The summed E-state index contributed by atoms with van der Waals surface area (Å²) >= 11 is 0. The lowest BCUT2D eigenvalue weighted by Crippen LogP contribution is -2.42. The fourth-order valence-corrected chi connectivity index (χ4v) is 2.62. The molecule has 0 saturated carbocycles. The Morgan fingerprint density at radius 2 is 1.90 bits per heavy atom. The molecule has 3 nitrogen and oxygen atoms in total. The maximum absolute atomic E-state index is 12.8. The molecule has 6 heteroatoms. The molecular weight excluding hydrogens is 267 g/mol. The lowest BCUT2D eigenvalue weighted by atomic mass is 10.1. The molecule has 0 unspecified atom stereocenters. The quantitative estimate of drug-likeness (QED) is 0.887. The third-order valence-electron chi connectivity index (χ3n) is 3.66. The van der Waals surface area contributed by atoms with Crippen LogP contribution in [0.15, 0.2) is 24.3 Å². The number of aromatic nitrogens is 1. The molecule has 0 radical (unpaired) electrons. The number of benzene rings is 1. The smallest absolute Gasteiger partial charge is 0.351 e. The van der Waals surface area contributed by atoms with Crippen LogP contribution in [0.5, 0.6) is 0 Å². The highest BCUT2D eigenvalue weighted by Gasteiger charge is 2.32. The predicted octanol–water partition coefficient (Wildman–Crippen LogP) is 2.59. The first kappa shape index (κ1) is 13.5. The lowest BCUT2D eigenvalue weighted by Gasteiger charge is -2.27. The Balaban J connectivity index is 1.92. The van der Waals surface area contributed by atoms with Crippen molar-refractivity contribution in [1.29, 1.82) is 0 Å². The van der Waals surface area contributed by atoms with E-state index < -0.39 is 11.9 Å². The second kappa shape index (κ2) is 5.10. The topological polar surface area (TPSA) is 31.1 Å². The summed E-state index contributed by atoms with van der Waals surface area (Å²) in [6.07, 6.45) is -4.33. The van der Waals surface area contributed by atoms with Crippen LogP contribution in [0.3, 0.4) is 0 Å². The molecule has 0 atom stereocenters. The van der Waals surface area contributed by atoms with Gasteiger partial charge in [0, 0.05) is 43.6 Å². The van der Waals surface area contributed by atoms with Crippen molar-refractivity contribution in [1.82, 2.24) is 15.2 Å². The van der Waals surface area contributed by atoms with E-state index in [-0.39, 0.29) is 0 Å². The van der Waals surface area contributed by atoms with Crippen molar-refractivity contribution < 1.29 is 13.2 Å². The molecule has 3 rings (SSSR count). The first-order chi connectivity index (χ1) is 9.54. The first-order valence-corrected chi connectivity index (χ1v) is 6.65. The van der Waals surface area contributed by atoms with Crippen molar-refractivity contribution in [2.24, 2.45) is 0 Å². The summed E-state index contributed by atoms with van der Waals surface area (Å²) in [6.45, 7) is 4.39. The number of H-pyrrole nitrogens is 1. The SMILES string of the molecule is FC(F)(F)c1cc2c(CN3CCNCC3)cccc2[nH]1. The van der Waals surface area contributed by atoms with Gasteiger partial charge in [-0.2, -0.15) is 13.2 Å². The Morgan fingerprint density at radius 1 is 1.15 bits per heavy atom. The van der Waals surface area contributed by atoms with Crippen LogP contribution in [0.25, 0.3) is 10.9 Å². The van der Waals surface area contributed by atoms with Gasteiger partial charge in [-0.3, -0.25) is 4.90 Å². The second-order valence-corrected chi connectivity index (χ2v) is 5.09. The number of fused-ring (bicyclic) bond motifs is 1. The van der Waals surface area contributed by atoms with Crippen molar-refractivity contribution in [3.05, 3.63) is 35.5 Å². The van der Waals surface area contributed by atoms with E-state index in [9.17, 15) is 13.2 Å². The Hall–Kier alpha value is -1.53. The van der Waals surface area contributed by atoms with Crippen molar-refractivity contribution in [2.45, 2.75) is 12.7 Å². The number of halogens is 3. The molecule has 2 N–H and O–H groups in total. The molecule has 0 amide bonds. The number of alkyl halides is 3. The summed E-state index contributed by atoms with van der Waals surface area (Å²) in [7, 11) is 0. The van der Waals surface area contributed by atoms with E-state index >= 15 is 0 Å². The highest BCUT2D eigenvalue weighted by Crippen LogP contribution is 2.32. The molecule has 1 saturated heterocycles. The maximum Gasteiger partial charge on any atom is 0.431 e. The zero-order chi connectivity index (χ0) is 14.2. The van der Waals surface area contributed by atoms with Crippen molar-refractivity contribution in [3.63, 3.8) is 0 Å². The van der Waals surface area contributed by atoms with E-state index in [0.29, 0.717) is 17.4 Å². The van der Waals surface area contributed by atoms with E-state index in [1.54, 1.807) is 12.1 Å². The van der Waals surface area contributed by atoms with Crippen LogP contribution in [0, 0.1) is 0 Å². The molecule has 108 valence electrons. The molecule has 20 heavy (non-hydrogen) atoms. The molecule has 0 aliphatic carbocycles. The summed E-state index contributed by atoms with van der Waals surface area (Å²) < 4.78 is 38.3. The predicted molar refractivity (Wildman–Crippen MR) is 71.4 cm³/mol. The zero-order valence-electron chi connectivity index (χ0n) is 10.9. The van der Waals surface area contributed by atoms with Crippen LogP contribution in [-0.2, 0) is 12.7 Å². The van der Waals surface area contributed by atoms with Gasteiger partial charge in [0.1, 0.15) is 5.69 Å². The van der Waals surface area contributed by atoms with Gasteiger partial charge in [0.2, 0.25) is 0 Å². The summed E-state index contributed by atoms with van der Waals surface area (Å²) in [5, 5.41) is 3.93. The Bertz CT molecular complexity index is 597. The molecular formula is C14H16F3N3. The highest BCUT2D eigenvalue weighted by molar-refractivity contribution is 5.84. The minimum absolute atomic E-state index is 0.546. The number of hydrogen-bond acceptors (Lipinski definition) is 2. The Morgan fingerprint density at radius 3 is 2.60 bits per heavy atom. The van der Waals surface area contributed by atoms with E-state index in [0.717, 1.165) is 31.7 Å². The van der Waals surface area contributed by atoms with Gasteiger partial charge in [-0.05, 0) is 17.7 Å². The Kier molecular flexibility index (Phi) is 3.43. The third kappa shape index (κ3) is 2.66. The first-order valence-electron chi connectivity index (χ1n) is 6.65. The highest BCUT2D eigenvalue weighted by atomic mass is 19.4.